The van der Waals surface area contributed by atoms with Crippen molar-refractivity contribution in [2.75, 3.05) is 19.8 Å². The second kappa shape index (κ2) is 6.45. The van der Waals surface area contributed by atoms with E-state index >= 15 is 0 Å². The van der Waals surface area contributed by atoms with Crippen molar-refractivity contribution in [2.24, 2.45) is 0 Å². The van der Waals surface area contributed by atoms with E-state index in [-0.39, 0.29) is 11.8 Å². The Morgan fingerprint density at radius 3 is 3.22 bits per heavy atom. The summed E-state index contributed by atoms with van der Waals surface area (Å²) in [5.74, 6) is 0.107. The Bertz CT molecular complexity index is 413. The maximum absolute atomic E-state index is 12.3. The normalized spacial score (nSPS) is 20.0. The summed E-state index contributed by atoms with van der Waals surface area (Å²) < 4.78 is 7.91. The molecule has 1 atom stereocenters. The van der Waals surface area contributed by atoms with Gasteiger partial charge in [-0.3, -0.25) is 9.48 Å². The molecule has 2 rings (SSSR count). The van der Waals surface area contributed by atoms with Crippen LogP contribution in [0.2, 0.25) is 0 Å². The van der Waals surface area contributed by atoms with Gasteiger partial charge < -0.3 is 10.1 Å². The summed E-state index contributed by atoms with van der Waals surface area (Å²) in [5, 5.41) is 7.51. The average molecular weight is 316 g/mol. The van der Waals surface area contributed by atoms with Gasteiger partial charge in [-0.05, 0) is 22.4 Å². The van der Waals surface area contributed by atoms with Crippen LogP contribution >= 0.6 is 15.9 Å². The van der Waals surface area contributed by atoms with E-state index in [1.54, 1.807) is 10.9 Å². The summed E-state index contributed by atoms with van der Waals surface area (Å²) in [5.41, 5.74) is 0.671. The SMILES string of the molecule is CCCn1ncc(Br)c1C(=O)CC1COCCN1. The van der Waals surface area contributed by atoms with E-state index in [0.29, 0.717) is 18.7 Å². The Hall–Kier alpha value is -0.720. The quantitative estimate of drug-likeness (QED) is 0.839. The molecule has 1 saturated heterocycles. The first-order valence-corrected chi connectivity index (χ1v) is 7.07. The third-order valence-corrected chi connectivity index (χ3v) is 3.50. The number of nitrogens with one attached hydrogen (secondary N) is 1. The predicted molar refractivity (Wildman–Crippen MR) is 71.8 cm³/mol. The number of ketones is 1. The Labute approximate surface area is 115 Å². The molecule has 5 nitrogen and oxygen atoms in total. The highest BCUT2D eigenvalue weighted by atomic mass is 79.9. The van der Waals surface area contributed by atoms with Crippen molar-refractivity contribution >= 4 is 21.7 Å². The topological polar surface area (TPSA) is 56.2 Å². The van der Waals surface area contributed by atoms with Gasteiger partial charge in [0, 0.05) is 25.6 Å². The molecule has 0 aliphatic carbocycles. The molecule has 1 aromatic heterocycles. The van der Waals surface area contributed by atoms with Gasteiger partial charge in [0.1, 0.15) is 5.69 Å². The Morgan fingerprint density at radius 1 is 1.72 bits per heavy atom. The van der Waals surface area contributed by atoms with Gasteiger partial charge in [0.25, 0.3) is 0 Å². The lowest BCUT2D eigenvalue weighted by atomic mass is 10.1. The van der Waals surface area contributed by atoms with Gasteiger partial charge in [0.05, 0.1) is 23.9 Å². The van der Waals surface area contributed by atoms with Crippen LogP contribution in [0.3, 0.4) is 0 Å². The van der Waals surface area contributed by atoms with Crippen LogP contribution in [0.15, 0.2) is 10.7 Å². The van der Waals surface area contributed by atoms with Crippen LogP contribution in [0.4, 0.5) is 0 Å². The molecule has 1 unspecified atom stereocenters. The van der Waals surface area contributed by atoms with Gasteiger partial charge in [-0.1, -0.05) is 6.92 Å². The van der Waals surface area contributed by atoms with Crippen molar-refractivity contribution in [1.82, 2.24) is 15.1 Å². The van der Waals surface area contributed by atoms with Crippen LogP contribution in [0.25, 0.3) is 0 Å². The van der Waals surface area contributed by atoms with Crippen LogP contribution < -0.4 is 5.32 Å². The minimum absolute atomic E-state index is 0.107. The number of ether oxygens (including phenoxy) is 1. The summed E-state index contributed by atoms with van der Waals surface area (Å²) in [4.78, 5) is 12.3. The summed E-state index contributed by atoms with van der Waals surface area (Å²) in [6, 6.07) is 0.114. The molecule has 6 heteroatoms. The number of aromatic nitrogens is 2. The Balaban J connectivity index is 2.05. The number of halogens is 1. The molecule has 0 amide bonds. The molecular weight excluding hydrogens is 298 g/mol. The molecule has 100 valence electrons. The monoisotopic (exact) mass is 315 g/mol. The second-order valence-electron chi connectivity index (χ2n) is 4.42. The largest absolute Gasteiger partial charge is 0.378 e. The van der Waals surface area contributed by atoms with Gasteiger partial charge in [-0.2, -0.15) is 5.10 Å². The zero-order valence-electron chi connectivity index (χ0n) is 10.5. The summed E-state index contributed by atoms with van der Waals surface area (Å²) in [7, 11) is 0. The molecule has 0 bridgehead atoms. The van der Waals surface area contributed by atoms with E-state index in [1.807, 2.05) is 0 Å². The maximum Gasteiger partial charge on any atom is 0.183 e. The zero-order chi connectivity index (χ0) is 13.0. The fraction of sp³-hybridized carbons (Fsp3) is 0.667. The van der Waals surface area contributed by atoms with E-state index in [1.165, 1.54) is 0 Å². The van der Waals surface area contributed by atoms with E-state index < -0.39 is 0 Å². The van der Waals surface area contributed by atoms with E-state index in [2.05, 4.69) is 33.3 Å². The number of carbonyl (C=O) groups is 1. The minimum atomic E-state index is 0.107. The Kier molecular flexibility index (Phi) is 4.91. The molecule has 1 aliphatic heterocycles. The fourth-order valence-electron chi connectivity index (χ4n) is 2.09. The fourth-order valence-corrected chi connectivity index (χ4v) is 2.61. The number of morpholine rings is 1. The lowest BCUT2D eigenvalue weighted by molar-refractivity contribution is 0.0671. The first-order chi connectivity index (χ1) is 8.72. The van der Waals surface area contributed by atoms with Crippen molar-refractivity contribution in [1.29, 1.82) is 0 Å². The molecule has 1 aliphatic rings. The summed E-state index contributed by atoms with van der Waals surface area (Å²) in [6.07, 6.45) is 3.10. The van der Waals surface area contributed by atoms with E-state index in [9.17, 15) is 4.79 Å². The van der Waals surface area contributed by atoms with Crippen molar-refractivity contribution in [3.63, 3.8) is 0 Å². The maximum atomic E-state index is 12.3. The molecule has 0 radical (unpaired) electrons. The molecule has 0 saturated carbocycles. The van der Waals surface area contributed by atoms with E-state index in [0.717, 1.165) is 30.6 Å². The summed E-state index contributed by atoms with van der Waals surface area (Å²) >= 11 is 3.40. The number of hydrogen-bond donors (Lipinski definition) is 1. The van der Waals surface area contributed by atoms with Gasteiger partial charge in [0.15, 0.2) is 5.78 Å². The summed E-state index contributed by atoms with van der Waals surface area (Å²) in [6.45, 7) is 4.97. The number of rotatable bonds is 5. The molecule has 0 spiro atoms. The van der Waals surface area contributed by atoms with Crippen molar-refractivity contribution in [3.8, 4) is 0 Å². The third kappa shape index (κ3) is 3.18. The van der Waals surface area contributed by atoms with Gasteiger partial charge in [0.2, 0.25) is 0 Å². The minimum Gasteiger partial charge on any atom is -0.378 e. The first kappa shape index (κ1) is 13.7. The molecule has 18 heavy (non-hydrogen) atoms. The lowest BCUT2D eigenvalue weighted by Crippen LogP contribution is -2.42. The van der Waals surface area contributed by atoms with Crippen LogP contribution in [0, 0.1) is 0 Å². The highest BCUT2D eigenvalue weighted by Crippen LogP contribution is 2.19. The van der Waals surface area contributed by atoms with Crippen LogP contribution in [-0.2, 0) is 11.3 Å². The number of hydrogen-bond acceptors (Lipinski definition) is 4. The van der Waals surface area contributed by atoms with Crippen molar-refractivity contribution < 1.29 is 9.53 Å². The van der Waals surface area contributed by atoms with Crippen molar-refractivity contribution in [3.05, 3.63) is 16.4 Å². The average Bonchev–Trinajstić information content (AvgIpc) is 2.72. The number of carbonyl (C=O) groups excluding carboxylic acids is 1. The zero-order valence-corrected chi connectivity index (χ0v) is 12.1. The van der Waals surface area contributed by atoms with Gasteiger partial charge in [-0.25, -0.2) is 0 Å². The second-order valence-corrected chi connectivity index (χ2v) is 5.27. The third-order valence-electron chi connectivity index (χ3n) is 2.92. The van der Waals surface area contributed by atoms with E-state index in [4.69, 9.17) is 4.74 Å². The van der Waals surface area contributed by atoms with Crippen LogP contribution in [0.5, 0.6) is 0 Å². The number of nitrogens with zero attached hydrogens (tertiary/aromatic N) is 2. The highest BCUT2D eigenvalue weighted by Gasteiger charge is 2.22. The molecule has 1 fully saturated rings. The standard InChI is InChI=1S/C12H18BrN3O2/c1-2-4-16-12(10(13)7-15-16)11(17)6-9-8-18-5-3-14-9/h7,9,14H,2-6,8H2,1H3. The van der Waals surface area contributed by atoms with Crippen LogP contribution in [0.1, 0.15) is 30.3 Å². The first-order valence-electron chi connectivity index (χ1n) is 6.28. The van der Waals surface area contributed by atoms with Gasteiger partial charge in [-0.15, -0.1) is 0 Å². The molecule has 0 aromatic carbocycles. The van der Waals surface area contributed by atoms with Gasteiger partial charge >= 0.3 is 0 Å². The predicted octanol–water partition coefficient (Wildman–Crippen LogP) is 1.62. The van der Waals surface area contributed by atoms with Crippen LogP contribution in [-0.4, -0.2) is 41.4 Å². The smallest absolute Gasteiger partial charge is 0.183 e. The molecule has 2 heterocycles. The Morgan fingerprint density at radius 2 is 2.56 bits per heavy atom. The number of aryl methyl sites for hydroxylation is 1. The molecular formula is C12H18BrN3O2. The lowest BCUT2D eigenvalue weighted by Gasteiger charge is -2.23. The van der Waals surface area contributed by atoms with Crippen molar-refractivity contribution in [2.45, 2.75) is 32.4 Å². The molecule has 1 N–H and O–H groups in total. The molecule has 1 aromatic rings. The number of Topliss-reactive ketones (excluding diaryl/α,β-unsaturated/α-hetero) is 1. The highest BCUT2D eigenvalue weighted by molar-refractivity contribution is 9.10.